The van der Waals surface area contributed by atoms with Crippen molar-refractivity contribution in [1.29, 1.82) is 0 Å². The maximum atomic E-state index is 5.07. The minimum absolute atomic E-state index is 0.835. The number of allylic oxidation sites excluding steroid dienone is 1. The topological polar surface area (TPSA) is 30.8 Å². The van der Waals surface area contributed by atoms with Crippen LogP contribution in [0, 0.1) is 0 Å². The highest BCUT2D eigenvalue weighted by molar-refractivity contribution is 6.24. The molecule has 0 fully saturated rings. The van der Waals surface area contributed by atoms with E-state index in [0.29, 0.717) is 0 Å². The van der Waals surface area contributed by atoms with Crippen LogP contribution in [0.3, 0.4) is 0 Å². The third-order valence-corrected chi connectivity index (χ3v) is 4.23. The minimum atomic E-state index is 0.835. The van der Waals surface area contributed by atoms with E-state index in [4.69, 9.17) is 9.57 Å². The number of benzene rings is 2. The van der Waals surface area contributed by atoms with Gasteiger partial charge >= 0.3 is 0 Å². The van der Waals surface area contributed by atoms with Crippen LogP contribution in [0.5, 0.6) is 0 Å². The summed E-state index contributed by atoms with van der Waals surface area (Å²) in [6, 6.07) is 14.9. The standard InChI is InChI=1S/C21H23NO2.2C2H6/c1-23-14-8-4-3-5-9-16-12-13-18-17-10-6-7-11-19(17)21(22-24-2)20(18)15-16;2*1-2/h5-7,9-13,15H,3-4,8,14H2,1-2H3;2*1-2H3/b9-5+,22-21+;;. The first-order valence-corrected chi connectivity index (χ1v) is 10.4. The lowest BCUT2D eigenvalue weighted by Gasteiger charge is -2.03. The van der Waals surface area contributed by atoms with E-state index in [9.17, 15) is 0 Å². The molecule has 0 amide bonds. The van der Waals surface area contributed by atoms with Gasteiger partial charge in [-0.1, -0.05) is 81.4 Å². The van der Waals surface area contributed by atoms with Crippen LogP contribution in [-0.2, 0) is 9.57 Å². The Bertz CT molecular complexity index is 763. The first-order valence-electron chi connectivity index (χ1n) is 10.4. The lowest BCUT2D eigenvalue weighted by atomic mass is 10.0. The number of fused-ring (bicyclic) bond motifs is 3. The summed E-state index contributed by atoms with van der Waals surface area (Å²) in [6.45, 7) is 8.84. The maximum Gasteiger partial charge on any atom is 0.118 e. The van der Waals surface area contributed by atoms with Crippen molar-refractivity contribution in [3.8, 4) is 11.1 Å². The Morgan fingerprint density at radius 3 is 2.18 bits per heavy atom. The predicted octanol–water partition coefficient (Wildman–Crippen LogP) is 6.95. The predicted molar refractivity (Wildman–Crippen MR) is 122 cm³/mol. The lowest BCUT2D eigenvalue weighted by molar-refractivity contribution is 0.193. The molecule has 0 saturated carbocycles. The molecule has 0 radical (unpaired) electrons. The van der Waals surface area contributed by atoms with Crippen molar-refractivity contribution < 1.29 is 9.57 Å². The van der Waals surface area contributed by atoms with E-state index in [2.05, 4.69) is 53.7 Å². The van der Waals surface area contributed by atoms with E-state index in [1.807, 2.05) is 33.8 Å². The Morgan fingerprint density at radius 1 is 0.821 bits per heavy atom. The molecular formula is C25H35NO2. The summed E-state index contributed by atoms with van der Waals surface area (Å²) in [5.41, 5.74) is 6.82. The number of methoxy groups -OCH3 is 1. The van der Waals surface area contributed by atoms with Crippen LogP contribution in [0.4, 0.5) is 0 Å². The molecule has 0 bridgehead atoms. The molecule has 28 heavy (non-hydrogen) atoms. The van der Waals surface area contributed by atoms with Crippen molar-refractivity contribution in [3.05, 3.63) is 65.2 Å². The smallest absolute Gasteiger partial charge is 0.118 e. The number of unbranched alkanes of at least 4 members (excludes halogenated alkanes) is 2. The van der Waals surface area contributed by atoms with Gasteiger partial charge in [-0.3, -0.25) is 0 Å². The Morgan fingerprint density at radius 2 is 1.50 bits per heavy atom. The number of oxime groups is 1. The van der Waals surface area contributed by atoms with E-state index in [1.165, 1.54) is 16.7 Å². The van der Waals surface area contributed by atoms with Crippen molar-refractivity contribution in [3.63, 3.8) is 0 Å². The van der Waals surface area contributed by atoms with Gasteiger partial charge in [0.2, 0.25) is 0 Å². The number of hydrogen-bond donors (Lipinski definition) is 0. The van der Waals surface area contributed by atoms with E-state index < -0.39 is 0 Å². The minimum Gasteiger partial charge on any atom is -0.399 e. The fraction of sp³-hybridized carbons (Fsp3) is 0.400. The fourth-order valence-electron chi connectivity index (χ4n) is 3.08. The molecule has 152 valence electrons. The average Bonchev–Trinajstić information content (AvgIpc) is 3.07. The van der Waals surface area contributed by atoms with Crippen LogP contribution in [0.25, 0.3) is 17.2 Å². The van der Waals surface area contributed by atoms with Crippen molar-refractivity contribution in [2.24, 2.45) is 5.16 Å². The summed E-state index contributed by atoms with van der Waals surface area (Å²) >= 11 is 0. The molecule has 0 spiro atoms. The first-order chi connectivity index (χ1) is 13.8. The molecule has 0 aromatic heterocycles. The van der Waals surface area contributed by atoms with Crippen molar-refractivity contribution >= 4 is 11.8 Å². The van der Waals surface area contributed by atoms with Crippen LogP contribution < -0.4 is 0 Å². The number of nitrogens with zero attached hydrogens (tertiary/aromatic N) is 1. The van der Waals surface area contributed by atoms with Crippen LogP contribution in [0.15, 0.2) is 53.7 Å². The van der Waals surface area contributed by atoms with Crippen LogP contribution >= 0.6 is 0 Å². The second kappa shape index (κ2) is 13.7. The highest BCUT2D eigenvalue weighted by Crippen LogP contribution is 2.37. The lowest BCUT2D eigenvalue weighted by Crippen LogP contribution is -1.99. The van der Waals surface area contributed by atoms with Crippen molar-refractivity contribution in [1.82, 2.24) is 0 Å². The molecule has 0 N–H and O–H groups in total. The quantitative estimate of drug-likeness (QED) is 0.327. The molecule has 0 heterocycles. The normalized spacial score (nSPS) is 12.6. The second-order valence-electron chi connectivity index (χ2n) is 5.86. The van der Waals surface area contributed by atoms with E-state index in [0.717, 1.165) is 42.7 Å². The van der Waals surface area contributed by atoms with Gasteiger partial charge in [0.25, 0.3) is 0 Å². The summed E-state index contributed by atoms with van der Waals surface area (Å²) < 4.78 is 5.07. The van der Waals surface area contributed by atoms with Gasteiger partial charge in [-0.05, 0) is 42.0 Å². The zero-order valence-electron chi connectivity index (χ0n) is 18.3. The largest absolute Gasteiger partial charge is 0.399 e. The molecule has 3 heteroatoms. The van der Waals surface area contributed by atoms with Gasteiger partial charge in [0, 0.05) is 24.8 Å². The number of rotatable bonds is 7. The van der Waals surface area contributed by atoms with Gasteiger partial charge in [-0.25, -0.2) is 0 Å². The first kappa shape index (κ1) is 23.6. The summed E-state index contributed by atoms with van der Waals surface area (Å²) in [7, 11) is 3.34. The van der Waals surface area contributed by atoms with Crippen LogP contribution in [0.1, 0.15) is 63.6 Å². The van der Waals surface area contributed by atoms with Crippen molar-refractivity contribution in [2.75, 3.05) is 20.8 Å². The molecule has 0 unspecified atom stereocenters. The monoisotopic (exact) mass is 381 g/mol. The molecule has 1 aliphatic carbocycles. The van der Waals surface area contributed by atoms with Gasteiger partial charge in [0.05, 0.1) is 0 Å². The van der Waals surface area contributed by atoms with Crippen LogP contribution in [0.2, 0.25) is 0 Å². The molecule has 0 saturated heterocycles. The molecule has 2 aromatic carbocycles. The van der Waals surface area contributed by atoms with E-state index in [-0.39, 0.29) is 0 Å². The van der Waals surface area contributed by atoms with Gasteiger partial charge in [-0.15, -0.1) is 0 Å². The zero-order valence-corrected chi connectivity index (χ0v) is 18.3. The van der Waals surface area contributed by atoms with Gasteiger partial charge in [0.15, 0.2) is 0 Å². The fourth-order valence-corrected chi connectivity index (χ4v) is 3.08. The van der Waals surface area contributed by atoms with Gasteiger partial charge in [0.1, 0.15) is 12.8 Å². The van der Waals surface area contributed by atoms with E-state index >= 15 is 0 Å². The molecule has 3 nitrogen and oxygen atoms in total. The molecule has 0 aliphatic heterocycles. The Hall–Kier alpha value is -2.39. The number of hydrogen-bond acceptors (Lipinski definition) is 3. The van der Waals surface area contributed by atoms with Gasteiger partial charge < -0.3 is 9.57 Å². The molecule has 2 aromatic rings. The molecule has 3 rings (SSSR count). The zero-order chi connectivity index (χ0) is 20.8. The summed E-state index contributed by atoms with van der Waals surface area (Å²) in [6.07, 6.45) is 7.73. The molecule has 1 aliphatic rings. The summed E-state index contributed by atoms with van der Waals surface area (Å²) in [5.74, 6) is 0. The summed E-state index contributed by atoms with van der Waals surface area (Å²) in [5, 5.41) is 4.26. The average molecular weight is 382 g/mol. The molecular weight excluding hydrogens is 346 g/mol. The third kappa shape index (κ3) is 6.07. The van der Waals surface area contributed by atoms with Crippen LogP contribution in [-0.4, -0.2) is 26.5 Å². The van der Waals surface area contributed by atoms with Gasteiger partial charge in [-0.2, -0.15) is 0 Å². The second-order valence-corrected chi connectivity index (χ2v) is 5.86. The van der Waals surface area contributed by atoms with Crippen molar-refractivity contribution in [2.45, 2.75) is 47.0 Å². The third-order valence-electron chi connectivity index (χ3n) is 4.23. The Balaban J connectivity index is 0.000000921. The highest BCUT2D eigenvalue weighted by atomic mass is 16.6. The number of ether oxygens (including phenoxy) is 1. The molecule has 0 atom stereocenters. The Labute approximate surface area is 171 Å². The van der Waals surface area contributed by atoms with E-state index in [1.54, 1.807) is 14.2 Å². The summed E-state index contributed by atoms with van der Waals surface area (Å²) in [4.78, 5) is 5.07. The SMILES string of the molecule is CC.CC.COCCCC/C=C/c1ccc2c(c1)/C(=N/OC)c1ccccc1-2. The maximum absolute atomic E-state index is 5.07. The highest BCUT2D eigenvalue weighted by Gasteiger charge is 2.25. The Kier molecular flexibility index (Phi) is 11.6.